The molecular weight excluding hydrogens is 208 g/mol. The zero-order valence-electron chi connectivity index (χ0n) is 9.90. The van der Waals surface area contributed by atoms with Crippen LogP contribution < -0.4 is 5.73 Å². The van der Waals surface area contributed by atoms with E-state index in [2.05, 4.69) is 9.64 Å². The fraction of sp³-hybridized carbons (Fsp3) is 0.800. The average molecular weight is 228 g/mol. The second-order valence-corrected chi connectivity index (χ2v) is 3.87. The van der Waals surface area contributed by atoms with Gasteiger partial charge in [-0.2, -0.15) is 0 Å². The summed E-state index contributed by atoms with van der Waals surface area (Å²) < 4.78 is 4.66. The van der Waals surface area contributed by atoms with Crippen molar-refractivity contribution in [1.29, 1.82) is 5.41 Å². The molecule has 6 nitrogen and oxygen atoms in total. The molecule has 0 spiro atoms. The van der Waals surface area contributed by atoms with Crippen LogP contribution in [0, 0.1) is 5.41 Å². The molecule has 3 N–H and O–H groups in total. The molecule has 0 aromatic heterocycles. The Bertz CT molecular complexity index is 262. The number of rotatable bonds is 3. The Hall–Kier alpha value is -1.30. The van der Waals surface area contributed by atoms with E-state index in [9.17, 15) is 4.79 Å². The number of hydrogen-bond donors (Lipinski definition) is 2. The van der Waals surface area contributed by atoms with Crippen LogP contribution in [0.25, 0.3) is 0 Å². The van der Waals surface area contributed by atoms with E-state index in [-0.39, 0.29) is 18.0 Å². The minimum Gasteiger partial charge on any atom is -0.453 e. The van der Waals surface area contributed by atoms with Gasteiger partial charge in [-0.3, -0.25) is 10.3 Å². The van der Waals surface area contributed by atoms with Crippen LogP contribution in [0.3, 0.4) is 0 Å². The fourth-order valence-electron chi connectivity index (χ4n) is 2.02. The third-order valence-electron chi connectivity index (χ3n) is 2.93. The van der Waals surface area contributed by atoms with Gasteiger partial charge in [0.05, 0.1) is 13.2 Å². The first-order valence-corrected chi connectivity index (χ1v) is 5.51. The molecule has 1 heterocycles. The van der Waals surface area contributed by atoms with Crippen molar-refractivity contribution in [2.24, 2.45) is 5.73 Å². The summed E-state index contributed by atoms with van der Waals surface area (Å²) in [6, 6.07) is -0.000188. The van der Waals surface area contributed by atoms with Gasteiger partial charge in [-0.15, -0.1) is 0 Å². The number of piperazine rings is 1. The SMILES string of the molecule is CCC(C(=N)N)N1CCN(C(=O)OC)CC1. The molecule has 1 saturated heterocycles. The first kappa shape index (κ1) is 12.8. The van der Waals surface area contributed by atoms with E-state index in [1.165, 1.54) is 7.11 Å². The first-order chi connectivity index (χ1) is 7.60. The largest absolute Gasteiger partial charge is 0.453 e. The van der Waals surface area contributed by atoms with Crippen molar-refractivity contribution in [1.82, 2.24) is 9.80 Å². The molecule has 0 aliphatic carbocycles. The lowest BCUT2D eigenvalue weighted by Gasteiger charge is -2.37. The predicted octanol–water partition coefficient (Wildman–Crippen LogP) is 0.0850. The van der Waals surface area contributed by atoms with Gasteiger partial charge >= 0.3 is 6.09 Å². The molecule has 0 radical (unpaired) electrons. The van der Waals surface area contributed by atoms with Crippen LogP contribution in [0.5, 0.6) is 0 Å². The topological polar surface area (TPSA) is 82.7 Å². The van der Waals surface area contributed by atoms with Crippen LogP contribution in [-0.2, 0) is 4.74 Å². The third-order valence-corrected chi connectivity index (χ3v) is 2.93. The lowest BCUT2D eigenvalue weighted by atomic mass is 10.1. The van der Waals surface area contributed by atoms with Crippen LogP contribution in [0.15, 0.2) is 0 Å². The fourth-order valence-corrected chi connectivity index (χ4v) is 2.02. The lowest BCUT2D eigenvalue weighted by molar-refractivity contribution is 0.0842. The van der Waals surface area contributed by atoms with E-state index < -0.39 is 0 Å². The number of carbonyl (C=O) groups is 1. The Morgan fingerprint density at radius 2 is 2.00 bits per heavy atom. The minimum atomic E-state index is -0.282. The maximum atomic E-state index is 11.3. The van der Waals surface area contributed by atoms with Crippen LogP contribution in [0.2, 0.25) is 0 Å². The Morgan fingerprint density at radius 1 is 1.44 bits per heavy atom. The van der Waals surface area contributed by atoms with Crippen molar-refractivity contribution in [2.45, 2.75) is 19.4 Å². The highest BCUT2D eigenvalue weighted by Crippen LogP contribution is 2.09. The van der Waals surface area contributed by atoms with Gasteiger partial charge in [-0.1, -0.05) is 6.92 Å². The summed E-state index contributed by atoms with van der Waals surface area (Å²) in [6.07, 6.45) is 0.545. The highest BCUT2D eigenvalue weighted by Gasteiger charge is 2.26. The van der Waals surface area contributed by atoms with Crippen molar-refractivity contribution in [3.05, 3.63) is 0 Å². The van der Waals surface area contributed by atoms with Crippen molar-refractivity contribution in [2.75, 3.05) is 33.3 Å². The smallest absolute Gasteiger partial charge is 0.409 e. The number of amides is 1. The summed E-state index contributed by atoms with van der Waals surface area (Å²) in [6.45, 7) is 4.77. The molecule has 1 aliphatic rings. The quantitative estimate of drug-likeness (QED) is 0.529. The van der Waals surface area contributed by atoms with Gasteiger partial charge in [-0.05, 0) is 6.42 Å². The van der Waals surface area contributed by atoms with Crippen LogP contribution in [0.4, 0.5) is 4.79 Å². The number of nitrogens with two attached hydrogens (primary N) is 1. The number of carbonyl (C=O) groups excluding carboxylic acids is 1. The van der Waals surface area contributed by atoms with Crippen molar-refractivity contribution < 1.29 is 9.53 Å². The van der Waals surface area contributed by atoms with Crippen LogP contribution >= 0.6 is 0 Å². The van der Waals surface area contributed by atoms with Gasteiger partial charge in [0.25, 0.3) is 0 Å². The maximum Gasteiger partial charge on any atom is 0.409 e. The molecule has 0 aromatic rings. The van der Waals surface area contributed by atoms with E-state index in [1.807, 2.05) is 6.92 Å². The van der Waals surface area contributed by atoms with E-state index in [0.29, 0.717) is 13.1 Å². The zero-order valence-corrected chi connectivity index (χ0v) is 9.90. The normalized spacial score (nSPS) is 19.2. The van der Waals surface area contributed by atoms with E-state index in [4.69, 9.17) is 11.1 Å². The maximum absolute atomic E-state index is 11.3. The number of methoxy groups -OCH3 is 1. The Kier molecular flexibility index (Phi) is 4.54. The summed E-state index contributed by atoms with van der Waals surface area (Å²) in [4.78, 5) is 15.1. The molecule has 1 amide bonds. The summed E-state index contributed by atoms with van der Waals surface area (Å²) in [5.74, 6) is 0.203. The van der Waals surface area contributed by atoms with E-state index in [1.54, 1.807) is 4.90 Å². The van der Waals surface area contributed by atoms with Gasteiger partial charge < -0.3 is 15.4 Å². The standard InChI is InChI=1S/C10H20N4O2/c1-3-8(9(11)12)13-4-6-14(7-5-13)10(15)16-2/h8H,3-7H2,1-2H3,(H3,11,12). The zero-order chi connectivity index (χ0) is 12.1. The molecule has 1 aliphatic heterocycles. The third kappa shape index (κ3) is 2.85. The lowest BCUT2D eigenvalue weighted by Crippen LogP contribution is -2.54. The Balaban J connectivity index is 2.47. The molecule has 6 heteroatoms. The van der Waals surface area contributed by atoms with Crippen LogP contribution in [0.1, 0.15) is 13.3 Å². The molecule has 0 saturated carbocycles. The molecule has 1 unspecified atom stereocenters. The Morgan fingerprint density at radius 3 is 2.38 bits per heavy atom. The highest BCUT2D eigenvalue weighted by atomic mass is 16.5. The molecule has 1 rings (SSSR count). The van der Waals surface area contributed by atoms with Gasteiger partial charge in [0, 0.05) is 26.2 Å². The van der Waals surface area contributed by atoms with Crippen molar-refractivity contribution >= 4 is 11.9 Å². The monoisotopic (exact) mass is 228 g/mol. The van der Waals surface area contributed by atoms with Gasteiger partial charge in [0.2, 0.25) is 0 Å². The van der Waals surface area contributed by atoms with Gasteiger partial charge in [-0.25, -0.2) is 4.79 Å². The molecule has 16 heavy (non-hydrogen) atoms. The summed E-state index contributed by atoms with van der Waals surface area (Å²) in [5, 5.41) is 7.49. The summed E-state index contributed by atoms with van der Waals surface area (Å²) in [7, 11) is 1.39. The molecule has 1 fully saturated rings. The number of ether oxygens (including phenoxy) is 1. The second kappa shape index (κ2) is 5.69. The first-order valence-electron chi connectivity index (χ1n) is 5.51. The average Bonchev–Trinajstić information content (AvgIpc) is 2.29. The number of nitrogens with zero attached hydrogens (tertiary/aromatic N) is 2. The van der Waals surface area contributed by atoms with E-state index >= 15 is 0 Å². The number of amidine groups is 1. The second-order valence-electron chi connectivity index (χ2n) is 3.87. The summed E-state index contributed by atoms with van der Waals surface area (Å²) in [5.41, 5.74) is 5.54. The molecule has 0 aromatic carbocycles. The molecular formula is C10H20N4O2. The number of nitrogens with one attached hydrogen (secondary N) is 1. The van der Waals surface area contributed by atoms with Crippen molar-refractivity contribution in [3.8, 4) is 0 Å². The van der Waals surface area contributed by atoms with Gasteiger partial charge in [0.15, 0.2) is 0 Å². The Labute approximate surface area is 95.8 Å². The number of hydrogen-bond acceptors (Lipinski definition) is 4. The van der Waals surface area contributed by atoms with Crippen molar-refractivity contribution in [3.63, 3.8) is 0 Å². The highest BCUT2D eigenvalue weighted by molar-refractivity contribution is 5.82. The summed E-state index contributed by atoms with van der Waals surface area (Å²) >= 11 is 0. The minimum absolute atomic E-state index is 0.000188. The molecule has 1 atom stereocenters. The predicted molar refractivity (Wildman–Crippen MR) is 61.5 cm³/mol. The van der Waals surface area contributed by atoms with E-state index in [0.717, 1.165) is 19.5 Å². The van der Waals surface area contributed by atoms with Crippen LogP contribution in [-0.4, -0.2) is 61.1 Å². The molecule has 0 bridgehead atoms. The van der Waals surface area contributed by atoms with Gasteiger partial charge in [0.1, 0.15) is 5.84 Å². The molecule has 92 valence electrons.